The summed E-state index contributed by atoms with van der Waals surface area (Å²) in [6.07, 6.45) is 8.36. The Morgan fingerprint density at radius 3 is 2.67 bits per heavy atom. The molecule has 0 atom stereocenters. The van der Waals surface area contributed by atoms with Crippen molar-refractivity contribution in [3.8, 4) is 17.3 Å². The van der Waals surface area contributed by atoms with Gasteiger partial charge in [-0.15, -0.1) is 0 Å². The molecule has 0 spiro atoms. The lowest BCUT2D eigenvalue weighted by atomic mass is 10.2. The van der Waals surface area contributed by atoms with Crippen LogP contribution in [0.15, 0.2) is 30.7 Å². The highest BCUT2D eigenvalue weighted by Gasteiger charge is 2.11. The molecule has 1 aliphatic heterocycles. The van der Waals surface area contributed by atoms with E-state index in [-0.39, 0.29) is 0 Å². The molecule has 0 aliphatic carbocycles. The van der Waals surface area contributed by atoms with Crippen LogP contribution in [0.3, 0.4) is 0 Å². The van der Waals surface area contributed by atoms with Gasteiger partial charge in [-0.1, -0.05) is 0 Å². The molecule has 0 radical (unpaired) electrons. The fourth-order valence-corrected chi connectivity index (χ4v) is 2.71. The van der Waals surface area contributed by atoms with Crippen LogP contribution in [-0.4, -0.2) is 52.0 Å². The lowest BCUT2D eigenvalue weighted by Gasteiger charge is -2.14. The van der Waals surface area contributed by atoms with Gasteiger partial charge in [-0.3, -0.25) is 9.78 Å². The zero-order valence-corrected chi connectivity index (χ0v) is 13.5. The van der Waals surface area contributed by atoms with E-state index in [9.17, 15) is 4.79 Å². The van der Waals surface area contributed by atoms with E-state index < -0.39 is 5.91 Å². The average Bonchev–Trinajstić information content (AvgIpc) is 3.13. The Morgan fingerprint density at radius 1 is 1.21 bits per heavy atom. The van der Waals surface area contributed by atoms with Crippen LogP contribution in [-0.2, 0) is 0 Å². The van der Waals surface area contributed by atoms with Crippen molar-refractivity contribution in [3.63, 3.8) is 0 Å². The first-order chi connectivity index (χ1) is 11.7. The molecule has 2 N–H and O–H groups in total. The number of carbonyl (C=O) groups is 1. The van der Waals surface area contributed by atoms with Gasteiger partial charge in [0, 0.05) is 18.3 Å². The number of carbonyl (C=O) groups excluding carboxylic acids is 1. The molecule has 0 saturated carbocycles. The Labute approximate surface area is 140 Å². The zero-order chi connectivity index (χ0) is 16.8. The first-order valence-corrected chi connectivity index (χ1v) is 8.16. The maximum Gasteiger partial charge on any atom is 0.248 e. The smallest absolute Gasteiger partial charge is 0.248 e. The quantitative estimate of drug-likeness (QED) is 0.775. The molecule has 3 rings (SSSR count). The fraction of sp³-hybridized carbons (Fsp3) is 0.412. The third-order valence-electron chi connectivity index (χ3n) is 3.99. The molecule has 24 heavy (non-hydrogen) atoms. The molecular formula is C17H21N5O2. The van der Waals surface area contributed by atoms with Crippen molar-refractivity contribution in [2.75, 3.05) is 26.2 Å². The first kappa shape index (κ1) is 16.3. The number of likely N-dealkylation sites (tertiary alicyclic amines) is 1. The van der Waals surface area contributed by atoms with Crippen LogP contribution in [0.1, 0.15) is 29.6 Å². The number of nitrogens with two attached hydrogens (primary N) is 1. The summed E-state index contributed by atoms with van der Waals surface area (Å²) >= 11 is 0. The van der Waals surface area contributed by atoms with Gasteiger partial charge in [0.1, 0.15) is 5.69 Å². The molecule has 1 amide bonds. The minimum absolute atomic E-state index is 0.380. The highest BCUT2D eigenvalue weighted by Crippen LogP contribution is 2.16. The van der Waals surface area contributed by atoms with Crippen LogP contribution in [0.25, 0.3) is 11.5 Å². The van der Waals surface area contributed by atoms with Crippen molar-refractivity contribution in [3.05, 3.63) is 36.3 Å². The second-order valence-corrected chi connectivity index (χ2v) is 5.79. The van der Waals surface area contributed by atoms with Gasteiger partial charge in [-0.2, -0.15) is 0 Å². The van der Waals surface area contributed by atoms with E-state index in [1.807, 2.05) is 0 Å². The summed E-state index contributed by atoms with van der Waals surface area (Å²) in [5.74, 6) is 0.561. The average molecular weight is 327 g/mol. The van der Waals surface area contributed by atoms with E-state index >= 15 is 0 Å². The normalized spacial score (nSPS) is 14.7. The number of amides is 1. The van der Waals surface area contributed by atoms with Crippen molar-refractivity contribution in [2.24, 2.45) is 5.73 Å². The maximum atomic E-state index is 11.2. The second kappa shape index (κ2) is 7.83. The predicted octanol–water partition coefficient (Wildman–Crippen LogP) is 1.50. The standard InChI is InChI=1S/C17H21N5O2/c18-16(23)13-4-5-19-15(10-13)17-20-11-14(12-21-17)24-9-3-8-22-6-1-2-7-22/h4-5,10-12H,1-3,6-9H2,(H2,18,23). The number of hydrogen-bond acceptors (Lipinski definition) is 6. The van der Waals surface area contributed by atoms with E-state index in [2.05, 4.69) is 19.9 Å². The van der Waals surface area contributed by atoms with Crippen molar-refractivity contribution >= 4 is 5.91 Å². The van der Waals surface area contributed by atoms with E-state index in [0.717, 1.165) is 13.0 Å². The first-order valence-electron chi connectivity index (χ1n) is 8.16. The number of pyridine rings is 1. The van der Waals surface area contributed by atoms with Crippen LogP contribution < -0.4 is 10.5 Å². The molecule has 2 aromatic rings. The van der Waals surface area contributed by atoms with E-state index in [4.69, 9.17) is 10.5 Å². The summed E-state index contributed by atoms with van der Waals surface area (Å²) < 4.78 is 5.67. The summed E-state index contributed by atoms with van der Waals surface area (Å²) in [6.45, 7) is 4.13. The third-order valence-corrected chi connectivity index (χ3v) is 3.99. The lowest BCUT2D eigenvalue weighted by Crippen LogP contribution is -2.21. The molecule has 2 aromatic heterocycles. The minimum atomic E-state index is -0.503. The summed E-state index contributed by atoms with van der Waals surface area (Å²) in [4.78, 5) is 26.3. The number of hydrogen-bond donors (Lipinski definition) is 1. The number of primary amides is 1. The van der Waals surface area contributed by atoms with Crippen LogP contribution in [0.2, 0.25) is 0 Å². The lowest BCUT2D eigenvalue weighted by molar-refractivity contribution is 0.1000. The molecule has 0 aromatic carbocycles. The summed E-state index contributed by atoms with van der Waals surface area (Å²) in [6, 6.07) is 3.14. The highest BCUT2D eigenvalue weighted by atomic mass is 16.5. The van der Waals surface area contributed by atoms with Crippen molar-refractivity contribution < 1.29 is 9.53 Å². The molecule has 1 fully saturated rings. The largest absolute Gasteiger partial charge is 0.490 e. The highest BCUT2D eigenvalue weighted by molar-refractivity contribution is 5.93. The predicted molar refractivity (Wildman–Crippen MR) is 89.6 cm³/mol. The van der Waals surface area contributed by atoms with Gasteiger partial charge in [0.2, 0.25) is 5.91 Å². The summed E-state index contributed by atoms with van der Waals surface area (Å²) in [7, 11) is 0. The molecule has 3 heterocycles. The molecule has 7 heteroatoms. The van der Waals surface area contributed by atoms with Gasteiger partial charge >= 0.3 is 0 Å². The summed E-state index contributed by atoms with van der Waals surface area (Å²) in [5.41, 5.74) is 6.15. The Kier molecular flexibility index (Phi) is 5.32. The van der Waals surface area contributed by atoms with Crippen LogP contribution >= 0.6 is 0 Å². The molecule has 0 bridgehead atoms. The monoisotopic (exact) mass is 327 g/mol. The van der Waals surface area contributed by atoms with Gasteiger partial charge in [0.25, 0.3) is 0 Å². The van der Waals surface area contributed by atoms with Crippen LogP contribution in [0, 0.1) is 0 Å². The van der Waals surface area contributed by atoms with Crippen molar-refractivity contribution in [1.82, 2.24) is 19.9 Å². The molecule has 126 valence electrons. The summed E-state index contributed by atoms with van der Waals surface area (Å²) in [5, 5.41) is 0. The Hall–Kier alpha value is -2.54. The van der Waals surface area contributed by atoms with Gasteiger partial charge in [-0.05, 0) is 44.5 Å². The topological polar surface area (TPSA) is 94.2 Å². The Morgan fingerprint density at radius 2 is 1.96 bits per heavy atom. The van der Waals surface area contributed by atoms with E-state index in [1.54, 1.807) is 24.5 Å². The van der Waals surface area contributed by atoms with Gasteiger partial charge < -0.3 is 15.4 Å². The number of rotatable bonds is 7. The van der Waals surface area contributed by atoms with Gasteiger partial charge in [0.05, 0.1) is 19.0 Å². The zero-order valence-electron chi connectivity index (χ0n) is 13.5. The SMILES string of the molecule is NC(=O)c1ccnc(-c2ncc(OCCCN3CCCC3)cn2)c1. The Balaban J connectivity index is 1.53. The van der Waals surface area contributed by atoms with Crippen LogP contribution in [0.4, 0.5) is 0 Å². The second-order valence-electron chi connectivity index (χ2n) is 5.79. The molecule has 1 saturated heterocycles. The van der Waals surface area contributed by atoms with Crippen molar-refractivity contribution in [2.45, 2.75) is 19.3 Å². The molecule has 7 nitrogen and oxygen atoms in total. The number of aromatic nitrogens is 3. The molecule has 0 unspecified atom stereocenters. The molecule has 1 aliphatic rings. The molecular weight excluding hydrogens is 306 g/mol. The Bertz CT molecular complexity index is 684. The number of ether oxygens (including phenoxy) is 1. The fourth-order valence-electron chi connectivity index (χ4n) is 2.71. The van der Waals surface area contributed by atoms with E-state index in [0.29, 0.717) is 29.4 Å². The maximum absolute atomic E-state index is 11.2. The van der Waals surface area contributed by atoms with Crippen molar-refractivity contribution in [1.29, 1.82) is 0 Å². The van der Waals surface area contributed by atoms with Gasteiger partial charge in [0.15, 0.2) is 11.6 Å². The van der Waals surface area contributed by atoms with E-state index in [1.165, 1.54) is 32.1 Å². The van der Waals surface area contributed by atoms with Crippen LogP contribution in [0.5, 0.6) is 5.75 Å². The van der Waals surface area contributed by atoms with Gasteiger partial charge in [-0.25, -0.2) is 9.97 Å². The third kappa shape index (κ3) is 4.26. The number of nitrogens with zero attached hydrogens (tertiary/aromatic N) is 4. The minimum Gasteiger partial charge on any atom is -0.490 e.